The van der Waals surface area contributed by atoms with E-state index in [0.717, 1.165) is 19.3 Å². The number of amides is 2. The van der Waals surface area contributed by atoms with Crippen LogP contribution in [0.5, 0.6) is 11.5 Å². The maximum atomic E-state index is 12.4. The van der Waals surface area contributed by atoms with Crippen molar-refractivity contribution in [1.29, 1.82) is 0 Å². The summed E-state index contributed by atoms with van der Waals surface area (Å²) in [5, 5.41) is 7.09. The Balaban J connectivity index is 1.70. The molecule has 0 aliphatic heterocycles. The summed E-state index contributed by atoms with van der Waals surface area (Å²) in [6.45, 7) is 2.06. The Morgan fingerprint density at radius 3 is 2.21 bits per heavy atom. The van der Waals surface area contributed by atoms with Crippen LogP contribution in [0.4, 0.5) is 0 Å². The van der Waals surface area contributed by atoms with Crippen molar-refractivity contribution in [2.75, 3.05) is 13.7 Å². The molecule has 0 saturated heterocycles. The number of hydrogen-bond donors (Lipinski definition) is 2. The lowest BCUT2D eigenvalue weighted by molar-refractivity contribution is -0.126. The van der Waals surface area contributed by atoms with Crippen LogP contribution in [0.15, 0.2) is 41.5 Å². The zero-order valence-corrected chi connectivity index (χ0v) is 24.1. The third kappa shape index (κ3) is 12.5. The van der Waals surface area contributed by atoms with Crippen molar-refractivity contribution in [2.24, 2.45) is 5.10 Å². The number of nitrogens with zero attached hydrogens (tertiary/aromatic N) is 1. The molecule has 212 valence electrons. The van der Waals surface area contributed by atoms with Crippen molar-refractivity contribution in [3.8, 4) is 11.5 Å². The van der Waals surface area contributed by atoms with E-state index in [0.29, 0.717) is 22.8 Å². The highest BCUT2D eigenvalue weighted by Crippen LogP contribution is 2.29. The summed E-state index contributed by atoms with van der Waals surface area (Å²) in [6, 6.07) is 9.22. The largest absolute Gasteiger partial charge is 0.493 e. The van der Waals surface area contributed by atoms with Crippen LogP contribution in [0.25, 0.3) is 0 Å². The third-order valence-electron chi connectivity index (χ3n) is 5.90. The van der Waals surface area contributed by atoms with Crippen molar-refractivity contribution in [2.45, 2.75) is 71.1 Å². The molecule has 39 heavy (non-hydrogen) atoms. The molecule has 0 aliphatic carbocycles. The lowest BCUT2D eigenvalue weighted by atomic mass is 10.1. The van der Waals surface area contributed by atoms with E-state index in [2.05, 4.69) is 22.8 Å². The van der Waals surface area contributed by atoms with Gasteiger partial charge < -0.3 is 14.8 Å². The smallest absolute Gasteiger partial charge is 0.343 e. The molecule has 10 heteroatoms. The van der Waals surface area contributed by atoms with Crippen molar-refractivity contribution >= 4 is 47.2 Å². The average Bonchev–Trinajstić information content (AvgIpc) is 2.93. The van der Waals surface area contributed by atoms with E-state index in [1.54, 1.807) is 18.2 Å². The van der Waals surface area contributed by atoms with Gasteiger partial charge in [-0.25, -0.2) is 10.2 Å². The normalized spacial score (nSPS) is 10.9. The summed E-state index contributed by atoms with van der Waals surface area (Å²) >= 11 is 11.9. The van der Waals surface area contributed by atoms with Gasteiger partial charge in [0, 0.05) is 6.42 Å². The number of methoxy groups -OCH3 is 1. The number of benzene rings is 2. The van der Waals surface area contributed by atoms with Crippen molar-refractivity contribution in [3.05, 3.63) is 57.6 Å². The molecular formula is C29H37Cl2N3O5. The first-order valence-corrected chi connectivity index (χ1v) is 14.0. The molecule has 0 unspecified atom stereocenters. The van der Waals surface area contributed by atoms with Gasteiger partial charge in [-0.15, -0.1) is 0 Å². The van der Waals surface area contributed by atoms with Crippen LogP contribution < -0.4 is 20.2 Å². The van der Waals surface area contributed by atoms with Crippen LogP contribution in [0.3, 0.4) is 0 Å². The SMILES string of the molecule is CCCCCCCCCCCC(=O)NCC(=O)N/N=C\c1ccc(OC(=O)c2ccc(Cl)c(Cl)c2)c(OC)c1. The number of rotatable bonds is 17. The molecule has 2 aromatic rings. The molecule has 2 amide bonds. The number of carbonyl (C=O) groups is 3. The molecule has 0 heterocycles. The highest BCUT2D eigenvalue weighted by atomic mass is 35.5. The van der Waals surface area contributed by atoms with E-state index < -0.39 is 11.9 Å². The molecule has 2 rings (SSSR count). The quantitative estimate of drug-likeness (QED) is 0.0714. The molecule has 2 N–H and O–H groups in total. The van der Waals surface area contributed by atoms with Crippen LogP contribution >= 0.6 is 23.2 Å². The van der Waals surface area contributed by atoms with Crippen LogP contribution in [0.2, 0.25) is 10.0 Å². The minimum atomic E-state index is -0.625. The molecule has 0 aliphatic rings. The molecule has 0 atom stereocenters. The summed E-state index contributed by atoms with van der Waals surface area (Å²) in [5.74, 6) is -0.717. The number of ether oxygens (including phenoxy) is 2. The Labute approximate surface area is 240 Å². The van der Waals surface area contributed by atoms with Gasteiger partial charge in [-0.2, -0.15) is 5.10 Å². The Bertz CT molecular complexity index is 1120. The Hall–Kier alpha value is -3.10. The fourth-order valence-electron chi connectivity index (χ4n) is 3.71. The molecule has 2 aromatic carbocycles. The summed E-state index contributed by atoms with van der Waals surface area (Å²) < 4.78 is 10.7. The number of hydrogen-bond acceptors (Lipinski definition) is 6. The number of unbranched alkanes of at least 4 members (excludes halogenated alkanes) is 8. The average molecular weight is 579 g/mol. The molecule has 0 saturated carbocycles. The zero-order valence-electron chi connectivity index (χ0n) is 22.6. The highest BCUT2D eigenvalue weighted by Gasteiger charge is 2.14. The van der Waals surface area contributed by atoms with Gasteiger partial charge in [-0.05, 0) is 48.4 Å². The number of hydrazone groups is 1. The van der Waals surface area contributed by atoms with Gasteiger partial charge in [0.15, 0.2) is 11.5 Å². The topological polar surface area (TPSA) is 106 Å². The van der Waals surface area contributed by atoms with Gasteiger partial charge in [-0.3, -0.25) is 9.59 Å². The molecule has 8 nitrogen and oxygen atoms in total. The zero-order chi connectivity index (χ0) is 28.5. The van der Waals surface area contributed by atoms with Gasteiger partial charge in [0.05, 0.1) is 35.5 Å². The first kappa shape index (κ1) is 32.1. The van der Waals surface area contributed by atoms with Crippen LogP contribution in [0.1, 0.15) is 87.1 Å². The lowest BCUT2D eigenvalue weighted by Crippen LogP contribution is -2.34. The fraction of sp³-hybridized carbons (Fsp3) is 0.448. The summed E-state index contributed by atoms with van der Waals surface area (Å²) in [6.07, 6.45) is 12.4. The van der Waals surface area contributed by atoms with E-state index >= 15 is 0 Å². The number of halogens is 2. The van der Waals surface area contributed by atoms with Gasteiger partial charge in [-0.1, -0.05) is 81.5 Å². The molecular weight excluding hydrogens is 541 g/mol. The van der Waals surface area contributed by atoms with E-state index in [1.807, 2.05) is 0 Å². The first-order chi connectivity index (χ1) is 18.8. The van der Waals surface area contributed by atoms with Crippen molar-refractivity contribution in [1.82, 2.24) is 10.7 Å². The third-order valence-corrected chi connectivity index (χ3v) is 6.64. The molecule has 0 spiro atoms. The van der Waals surface area contributed by atoms with Crippen molar-refractivity contribution < 1.29 is 23.9 Å². The lowest BCUT2D eigenvalue weighted by Gasteiger charge is -2.10. The standard InChI is InChI=1S/C29H37Cl2N3O5/c1-3-4-5-6-7-8-9-10-11-12-27(35)32-20-28(36)34-33-19-21-13-16-25(26(17-21)38-2)39-29(37)22-14-15-23(30)24(31)18-22/h13-19H,3-12,20H2,1-2H3,(H,32,35)(H,34,36)/b33-19-. The van der Waals surface area contributed by atoms with E-state index in [4.69, 9.17) is 32.7 Å². The number of esters is 1. The van der Waals surface area contributed by atoms with Gasteiger partial charge >= 0.3 is 5.97 Å². The van der Waals surface area contributed by atoms with Crippen LogP contribution in [-0.2, 0) is 9.59 Å². The number of carbonyl (C=O) groups excluding carboxylic acids is 3. The second-order valence-corrected chi connectivity index (χ2v) is 9.89. The van der Waals surface area contributed by atoms with Crippen LogP contribution in [0, 0.1) is 0 Å². The minimum Gasteiger partial charge on any atom is -0.493 e. The van der Waals surface area contributed by atoms with Crippen LogP contribution in [-0.4, -0.2) is 37.7 Å². The molecule has 0 bridgehead atoms. The van der Waals surface area contributed by atoms with E-state index in [-0.39, 0.29) is 28.8 Å². The minimum absolute atomic E-state index is 0.146. The second-order valence-electron chi connectivity index (χ2n) is 9.08. The summed E-state index contributed by atoms with van der Waals surface area (Å²) in [7, 11) is 1.44. The van der Waals surface area contributed by atoms with E-state index in [9.17, 15) is 14.4 Å². The highest BCUT2D eigenvalue weighted by molar-refractivity contribution is 6.42. The van der Waals surface area contributed by atoms with Gasteiger partial charge in [0.1, 0.15) is 0 Å². The first-order valence-electron chi connectivity index (χ1n) is 13.3. The van der Waals surface area contributed by atoms with Gasteiger partial charge in [0.2, 0.25) is 5.91 Å². The van der Waals surface area contributed by atoms with E-state index in [1.165, 1.54) is 70.0 Å². The van der Waals surface area contributed by atoms with Gasteiger partial charge in [0.25, 0.3) is 5.91 Å². The predicted octanol–water partition coefficient (Wildman–Crippen LogP) is 6.71. The summed E-state index contributed by atoms with van der Waals surface area (Å²) in [5.41, 5.74) is 3.20. The molecule has 0 radical (unpaired) electrons. The summed E-state index contributed by atoms with van der Waals surface area (Å²) in [4.78, 5) is 36.4. The monoisotopic (exact) mass is 577 g/mol. The fourth-order valence-corrected chi connectivity index (χ4v) is 4.01. The Morgan fingerprint density at radius 1 is 0.846 bits per heavy atom. The second kappa shape index (κ2) is 18.2. The maximum absolute atomic E-state index is 12.4. The number of nitrogens with one attached hydrogen (secondary N) is 2. The maximum Gasteiger partial charge on any atom is 0.343 e. The Kier molecular flexibility index (Phi) is 15.0. The molecule has 0 fully saturated rings. The molecule has 0 aromatic heterocycles. The Morgan fingerprint density at radius 2 is 1.54 bits per heavy atom. The van der Waals surface area contributed by atoms with Crippen molar-refractivity contribution in [3.63, 3.8) is 0 Å². The predicted molar refractivity (Wildman–Crippen MR) is 155 cm³/mol.